The number of anilines is 3. The lowest BCUT2D eigenvalue weighted by molar-refractivity contribution is 0.100. The second-order valence-corrected chi connectivity index (χ2v) is 3.78. The van der Waals surface area contributed by atoms with Gasteiger partial charge < -0.3 is 16.8 Å². The van der Waals surface area contributed by atoms with E-state index in [1.165, 1.54) is 18.3 Å². The van der Waals surface area contributed by atoms with Crippen LogP contribution in [0, 0.1) is 11.6 Å². The molecule has 0 saturated carbocycles. The minimum absolute atomic E-state index is 0.0599. The molecule has 0 bridgehead atoms. The summed E-state index contributed by atoms with van der Waals surface area (Å²) >= 11 is 0. The van der Waals surface area contributed by atoms with Crippen LogP contribution in [-0.4, -0.2) is 10.9 Å². The average Bonchev–Trinajstić information content (AvgIpc) is 2.36. The number of halogens is 2. The molecule has 0 spiro atoms. The quantitative estimate of drug-likeness (QED) is 0.787. The van der Waals surface area contributed by atoms with Crippen LogP contribution in [0.25, 0.3) is 0 Å². The fourth-order valence-electron chi connectivity index (χ4n) is 1.48. The molecule has 7 heteroatoms. The largest absolute Gasteiger partial charge is 0.397 e. The maximum absolute atomic E-state index is 13.1. The number of rotatable bonds is 3. The van der Waals surface area contributed by atoms with E-state index in [1.54, 1.807) is 0 Å². The molecule has 1 amide bonds. The van der Waals surface area contributed by atoms with Gasteiger partial charge in [0.05, 0.1) is 17.4 Å². The second kappa shape index (κ2) is 4.89. The molecule has 1 heterocycles. The van der Waals surface area contributed by atoms with E-state index in [1.807, 2.05) is 0 Å². The Bertz CT molecular complexity index is 646. The number of nitrogen functional groups attached to an aromatic ring is 1. The van der Waals surface area contributed by atoms with Crippen LogP contribution in [0.15, 0.2) is 30.5 Å². The number of amides is 1. The van der Waals surface area contributed by atoms with Gasteiger partial charge in [-0.25, -0.2) is 13.8 Å². The number of nitrogens with two attached hydrogens (primary N) is 2. The van der Waals surface area contributed by atoms with E-state index in [-0.39, 0.29) is 22.8 Å². The van der Waals surface area contributed by atoms with Gasteiger partial charge in [-0.05, 0) is 18.2 Å². The van der Waals surface area contributed by atoms with E-state index in [9.17, 15) is 13.6 Å². The van der Waals surface area contributed by atoms with Crippen molar-refractivity contribution in [2.45, 2.75) is 0 Å². The topological polar surface area (TPSA) is 94.0 Å². The van der Waals surface area contributed by atoms with Gasteiger partial charge in [0.15, 0.2) is 11.6 Å². The van der Waals surface area contributed by atoms with E-state index in [4.69, 9.17) is 11.5 Å². The van der Waals surface area contributed by atoms with Crippen LogP contribution >= 0.6 is 0 Å². The molecule has 98 valence electrons. The standard InChI is InChI=1S/C12H10F2N4O/c13-9-2-1-7(4-10(9)14)18-12-8(11(16)19)3-6(15)5-17-12/h1-5H,15H2,(H2,16,19)(H,17,18). The third-order valence-corrected chi connectivity index (χ3v) is 2.36. The zero-order valence-corrected chi connectivity index (χ0v) is 9.65. The Morgan fingerprint density at radius 2 is 1.95 bits per heavy atom. The molecule has 0 aliphatic heterocycles. The normalized spacial score (nSPS) is 10.2. The van der Waals surface area contributed by atoms with Crippen LogP contribution in [-0.2, 0) is 0 Å². The zero-order chi connectivity index (χ0) is 14.0. The van der Waals surface area contributed by atoms with Gasteiger partial charge in [0.2, 0.25) is 0 Å². The van der Waals surface area contributed by atoms with Crippen LogP contribution in [0.5, 0.6) is 0 Å². The van der Waals surface area contributed by atoms with Gasteiger partial charge in [-0.15, -0.1) is 0 Å². The van der Waals surface area contributed by atoms with E-state index in [0.717, 1.165) is 12.1 Å². The van der Waals surface area contributed by atoms with Gasteiger partial charge in [-0.2, -0.15) is 0 Å². The van der Waals surface area contributed by atoms with Crippen LogP contribution in [0.3, 0.4) is 0 Å². The molecular weight excluding hydrogens is 254 g/mol. The van der Waals surface area contributed by atoms with E-state index < -0.39 is 17.5 Å². The third kappa shape index (κ3) is 2.76. The Balaban J connectivity index is 2.37. The van der Waals surface area contributed by atoms with Crippen molar-refractivity contribution < 1.29 is 13.6 Å². The predicted octanol–water partition coefficient (Wildman–Crippen LogP) is 1.78. The first kappa shape index (κ1) is 12.7. The minimum atomic E-state index is -1.01. The first-order chi connectivity index (χ1) is 8.97. The summed E-state index contributed by atoms with van der Waals surface area (Å²) in [5.74, 6) is -2.59. The van der Waals surface area contributed by atoms with Crippen LogP contribution in [0.4, 0.5) is 26.0 Å². The number of carbonyl (C=O) groups excluding carboxylic acids is 1. The van der Waals surface area contributed by atoms with Gasteiger partial charge in [0, 0.05) is 11.8 Å². The van der Waals surface area contributed by atoms with Crippen molar-refractivity contribution in [2.75, 3.05) is 11.1 Å². The van der Waals surface area contributed by atoms with Gasteiger partial charge in [0.1, 0.15) is 5.82 Å². The summed E-state index contributed by atoms with van der Waals surface area (Å²) in [5.41, 5.74) is 11.2. The van der Waals surface area contributed by atoms with Crippen molar-refractivity contribution in [1.29, 1.82) is 0 Å². The summed E-state index contributed by atoms with van der Waals surface area (Å²) < 4.78 is 25.8. The second-order valence-electron chi connectivity index (χ2n) is 3.78. The summed E-state index contributed by atoms with van der Waals surface area (Å²) in [6.07, 6.45) is 1.31. The summed E-state index contributed by atoms with van der Waals surface area (Å²) in [6.45, 7) is 0. The number of hydrogen-bond donors (Lipinski definition) is 3. The van der Waals surface area contributed by atoms with Gasteiger partial charge in [-0.1, -0.05) is 0 Å². The van der Waals surface area contributed by atoms with Crippen molar-refractivity contribution in [2.24, 2.45) is 5.73 Å². The van der Waals surface area contributed by atoms with Crippen LogP contribution in [0.2, 0.25) is 0 Å². The van der Waals surface area contributed by atoms with Gasteiger partial charge in [0.25, 0.3) is 5.91 Å². The fraction of sp³-hybridized carbons (Fsp3) is 0. The lowest BCUT2D eigenvalue weighted by Crippen LogP contribution is -2.14. The Morgan fingerprint density at radius 3 is 2.58 bits per heavy atom. The molecule has 19 heavy (non-hydrogen) atoms. The maximum atomic E-state index is 13.1. The lowest BCUT2D eigenvalue weighted by Gasteiger charge is -2.09. The van der Waals surface area contributed by atoms with Gasteiger partial charge in [-0.3, -0.25) is 4.79 Å². The molecule has 1 aromatic heterocycles. The Morgan fingerprint density at radius 1 is 1.21 bits per heavy atom. The maximum Gasteiger partial charge on any atom is 0.252 e. The summed E-state index contributed by atoms with van der Waals surface area (Å²) in [4.78, 5) is 15.1. The summed E-state index contributed by atoms with van der Waals surface area (Å²) in [7, 11) is 0. The number of benzene rings is 1. The van der Waals surface area contributed by atoms with Crippen molar-refractivity contribution in [3.63, 3.8) is 0 Å². The highest BCUT2D eigenvalue weighted by Gasteiger charge is 2.11. The number of nitrogens with zero attached hydrogens (tertiary/aromatic N) is 1. The van der Waals surface area contributed by atoms with Crippen molar-refractivity contribution in [1.82, 2.24) is 4.98 Å². The average molecular weight is 264 g/mol. The highest BCUT2D eigenvalue weighted by Crippen LogP contribution is 2.21. The molecule has 1 aromatic carbocycles. The van der Waals surface area contributed by atoms with Crippen molar-refractivity contribution >= 4 is 23.1 Å². The Hall–Kier alpha value is -2.70. The smallest absolute Gasteiger partial charge is 0.252 e. The number of nitrogens with one attached hydrogen (secondary N) is 1. The molecule has 0 fully saturated rings. The van der Waals surface area contributed by atoms with Crippen molar-refractivity contribution in [3.8, 4) is 0 Å². The molecule has 5 N–H and O–H groups in total. The molecule has 0 saturated heterocycles. The number of carbonyl (C=O) groups is 1. The molecule has 0 radical (unpaired) electrons. The van der Waals surface area contributed by atoms with E-state index in [0.29, 0.717) is 0 Å². The Labute approximate surface area is 107 Å². The highest BCUT2D eigenvalue weighted by molar-refractivity contribution is 5.99. The first-order valence-electron chi connectivity index (χ1n) is 5.25. The number of hydrogen-bond acceptors (Lipinski definition) is 4. The SMILES string of the molecule is NC(=O)c1cc(N)cnc1Nc1ccc(F)c(F)c1. The molecule has 0 atom stereocenters. The molecule has 2 aromatic rings. The highest BCUT2D eigenvalue weighted by atomic mass is 19.2. The predicted molar refractivity (Wildman–Crippen MR) is 66.8 cm³/mol. The van der Waals surface area contributed by atoms with E-state index >= 15 is 0 Å². The Kier molecular flexibility index (Phi) is 3.28. The summed E-state index contributed by atoms with van der Waals surface area (Å²) in [5, 5.41) is 2.67. The molecule has 0 unspecified atom stereocenters. The number of primary amides is 1. The fourth-order valence-corrected chi connectivity index (χ4v) is 1.48. The number of pyridine rings is 1. The van der Waals surface area contributed by atoms with Crippen molar-refractivity contribution in [3.05, 3.63) is 47.7 Å². The molecule has 5 nitrogen and oxygen atoms in total. The first-order valence-corrected chi connectivity index (χ1v) is 5.25. The molecular formula is C12H10F2N4O. The monoisotopic (exact) mass is 264 g/mol. The molecule has 2 rings (SSSR count). The lowest BCUT2D eigenvalue weighted by atomic mass is 10.2. The van der Waals surface area contributed by atoms with Crippen LogP contribution < -0.4 is 16.8 Å². The zero-order valence-electron chi connectivity index (χ0n) is 9.65. The molecule has 0 aliphatic rings. The van der Waals surface area contributed by atoms with E-state index in [2.05, 4.69) is 10.3 Å². The van der Waals surface area contributed by atoms with Crippen LogP contribution in [0.1, 0.15) is 10.4 Å². The molecule has 0 aliphatic carbocycles. The number of aromatic nitrogens is 1. The van der Waals surface area contributed by atoms with Gasteiger partial charge >= 0.3 is 0 Å². The minimum Gasteiger partial charge on any atom is -0.397 e. The summed E-state index contributed by atoms with van der Waals surface area (Å²) in [6, 6.07) is 4.55. The third-order valence-electron chi connectivity index (χ3n) is 2.36.